The third-order valence-electron chi connectivity index (χ3n) is 5.61. The van der Waals surface area contributed by atoms with Crippen molar-refractivity contribution < 1.29 is 13.9 Å². The van der Waals surface area contributed by atoms with E-state index < -0.39 is 0 Å². The zero-order valence-electron chi connectivity index (χ0n) is 16.6. The van der Waals surface area contributed by atoms with Crippen LogP contribution in [0.25, 0.3) is 0 Å². The molecule has 0 radical (unpaired) electrons. The molecule has 1 aromatic heterocycles. The lowest BCUT2D eigenvalue weighted by molar-refractivity contribution is -0.123. The summed E-state index contributed by atoms with van der Waals surface area (Å²) in [6, 6.07) is 12.4. The minimum Gasteiger partial charge on any atom is -0.477 e. The molecule has 1 aliphatic heterocycles. The molecule has 4 rings (SSSR count). The van der Waals surface area contributed by atoms with Crippen molar-refractivity contribution in [1.82, 2.24) is 10.2 Å². The summed E-state index contributed by atoms with van der Waals surface area (Å²) in [5, 5.41) is 2.82. The average Bonchev–Trinajstić information content (AvgIpc) is 3.54. The van der Waals surface area contributed by atoms with Crippen LogP contribution in [0, 0.1) is 5.92 Å². The summed E-state index contributed by atoms with van der Waals surface area (Å²) in [5.41, 5.74) is 1.16. The van der Waals surface area contributed by atoms with Crippen molar-refractivity contribution in [2.45, 2.75) is 44.7 Å². The first-order chi connectivity index (χ1) is 14.2. The Bertz CT molecular complexity index is 868. The van der Waals surface area contributed by atoms with Crippen molar-refractivity contribution >= 4 is 5.91 Å². The number of benzene rings is 1. The third kappa shape index (κ3) is 5.94. The molecule has 1 amide bonds. The number of likely N-dealkylation sites (tertiary alicyclic amines) is 1. The molecule has 2 heterocycles. The highest BCUT2D eigenvalue weighted by atomic mass is 16.5. The van der Waals surface area contributed by atoms with Crippen LogP contribution in [-0.2, 0) is 17.8 Å². The van der Waals surface area contributed by atoms with E-state index in [9.17, 15) is 9.59 Å². The van der Waals surface area contributed by atoms with Crippen LogP contribution in [0.1, 0.15) is 37.0 Å². The minimum absolute atomic E-state index is 0.0845. The van der Waals surface area contributed by atoms with Crippen molar-refractivity contribution in [3.63, 3.8) is 0 Å². The standard InChI is InChI=1S/C23H28N2O4/c26-21-13-20(28-15-22(21)29-16-23(27)24-19-6-7-19)14-25-10-8-18(9-11-25)12-17-4-2-1-3-5-17/h1-5,13,15,18-19H,6-12,14,16H2,(H,24,27). The van der Waals surface area contributed by atoms with E-state index >= 15 is 0 Å². The van der Waals surface area contributed by atoms with Crippen molar-refractivity contribution in [2.75, 3.05) is 19.7 Å². The number of nitrogens with one attached hydrogen (secondary N) is 1. The molecule has 6 heteroatoms. The molecule has 154 valence electrons. The summed E-state index contributed by atoms with van der Waals surface area (Å²) in [5.74, 6) is 1.22. The lowest BCUT2D eigenvalue weighted by Gasteiger charge is -2.31. The van der Waals surface area contributed by atoms with Crippen LogP contribution < -0.4 is 15.5 Å². The zero-order chi connectivity index (χ0) is 20.1. The Labute approximate surface area is 170 Å². The van der Waals surface area contributed by atoms with E-state index in [-0.39, 0.29) is 29.7 Å². The molecule has 1 saturated carbocycles. The van der Waals surface area contributed by atoms with Gasteiger partial charge in [0.25, 0.3) is 5.91 Å². The Morgan fingerprint density at radius 3 is 2.59 bits per heavy atom. The first kappa shape index (κ1) is 19.7. The van der Waals surface area contributed by atoms with Gasteiger partial charge in [-0.3, -0.25) is 14.5 Å². The molecule has 0 unspecified atom stereocenters. The van der Waals surface area contributed by atoms with Gasteiger partial charge in [-0.15, -0.1) is 0 Å². The predicted molar refractivity (Wildman–Crippen MR) is 110 cm³/mol. The molecule has 0 spiro atoms. The van der Waals surface area contributed by atoms with Crippen molar-refractivity contribution in [3.8, 4) is 5.75 Å². The first-order valence-corrected chi connectivity index (χ1v) is 10.5. The molecule has 1 aromatic carbocycles. The summed E-state index contributed by atoms with van der Waals surface area (Å²) in [6.07, 6.45) is 6.79. The van der Waals surface area contributed by atoms with Crippen LogP contribution in [0.3, 0.4) is 0 Å². The molecule has 1 aliphatic carbocycles. The van der Waals surface area contributed by atoms with Gasteiger partial charge in [0.2, 0.25) is 11.2 Å². The number of rotatable bonds is 8. The van der Waals surface area contributed by atoms with Crippen LogP contribution in [0.2, 0.25) is 0 Å². The van der Waals surface area contributed by atoms with E-state index in [0.717, 1.165) is 45.2 Å². The monoisotopic (exact) mass is 396 g/mol. The topological polar surface area (TPSA) is 71.8 Å². The zero-order valence-corrected chi connectivity index (χ0v) is 16.6. The Balaban J connectivity index is 1.23. The van der Waals surface area contributed by atoms with Gasteiger partial charge in [0, 0.05) is 12.1 Å². The maximum atomic E-state index is 12.2. The van der Waals surface area contributed by atoms with Crippen LogP contribution in [-0.4, -0.2) is 36.5 Å². The van der Waals surface area contributed by atoms with E-state index in [0.29, 0.717) is 18.2 Å². The molecule has 2 aliphatic rings. The number of ether oxygens (including phenoxy) is 1. The van der Waals surface area contributed by atoms with Gasteiger partial charge in [-0.25, -0.2) is 0 Å². The van der Waals surface area contributed by atoms with Crippen LogP contribution in [0.15, 0.2) is 51.9 Å². The van der Waals surface area contributed by atoms with E-state index in [1.165, 1.54) is 17.9 Å². The largest absolute Gasteiger partial charge is 0.477 e. The molecule has 6 nitrogen and oxygen atoms in total. The number of carbonyl (C=O) groups is 1. The number of carbonyl (C=O) groups excluding carboxylic acids is 1. The third-order valence-corrected chi connectivity index (χ3v) is 5.61. The summed E-state index contributed by atoms with van der Waals surface area (Å²) in [4.78, 5) is 26.2. The van der Waals surface area contributed by atoms with Crippen molar-refractivity contribution in [1.29, 1.82) is 0 Å². The Hall–Kier alpha value is -2.60. The second-order valence-corrected chi connectivity index (χ2v) is 8.11. The molecule has 0 bridgehead atoms. The molecule has 2 fully saturated rings. The molecule has 29 heavy (non-hydrogen) atoms. The minimum atomic E-state index is -0.246. The quantitative estimate of drug-likeness (QED) is 0.743. The lowest BCUT2D eigenvalue weighted by Crippen LogP contribution is -2.34. The first-order valence-electron chi connectivity index (χ1n) is 10.5. The molecule has 1 saturated heterocycles. The Morgan fingerprint density at radius 1 is 1.14 bits per heavy atom. The number of hydrogen-bond donors (Lipinski definition) is 1. The van der Waals surface area contributed by atoms with Gasteiger partial charge < -0.3 is 14.5 Å². The van der Waals surface area contributed by atoms with Crippen LogP contribution in [0.4, 0.5) is 0 Å². The normalized spacial score (nSPS) is 17.8. The predicted octanol–water partition coefficient (Wildman–Crippen LogP) is 2.75. The highest BCUT2D eigenvalue weighted by molar-refractivity contribution is 5.78. The highest BCUT2D eigenvalue weighted by Crippen LogP contribution is 2.23. The lowest BCUT2D eigenvalue weighted by atomic mass is 9.90. The second kappa shape index (κ2) is 9.27. The maximum Gasteiger partial charge on any atom is 0.258 e. The fourth-order valence-electron chi connectivity index (χ4n) is 3.78. The summed E-state index contributed by atoms with van der Waals surface area (Å²) < 4.78 is 10.9. The van der Waals surface area contributed by atoms with Gasteiger partial charge in [0.05, 0.1) is 6.54 Å². The SMILES string of the molecule is O=C(COc1coc(CN2CCC(Cc3ccccc3)CC2)cc1=O)NC1CC1. The van der Waals surface area contributed by atoms with E-state index in [1.54, 1.807) is 0 Å². The van der Waals surface area contributed by atoms with E-state index in [4.69, 9.17) is 9.15 Å². The van der Waals surface area contributed by atoms with Crippen LogP contribution >= 0.6 is 0 Å². The van der Waals surface area contributed by atoms with E-state index in [2.05, 4.69) is 40.5 Å². The van der Waals surface area contributed by atoms with E-state index in [1.807, 2.05) is 0 Å². The van der Waals surface area contributed by atoms with Crippen molar-refractivity contribution in [2.24, 2.45) is 5.92 Å². The summed E-state index contributed by atoms with van der Waals surface area (Å²) in [7, 11) is 0. The highest BCUT2D eigenvalue weighted by Gasteiger charge is 2.23. The Kier molecular flexibility index (Phi) is 6.30. The summed E-state index contributed by atoms with van der Waals surface area (Å²) >= 11 is 0. The fourth-order valence-corrected chi connectivity index (χ4v) is 3.78. The number of amides is 1. The van der Waals surface area contributed by atoms with Gasteiger partial charge >= 0.3 is 0 Å². The molecule has 1 N–H and O–H groups in total. The Morgan fingerprint density at radius 2 is 1.90 bits per heavy atom. The van der Waals surface area contributed by atoms with Gasteiger partial charge in [0.1, 0.15) is 12.0 Å². The van der Waals surface area contributed by atoms with Crippen molar-refractivity contribution in [3.05, 3.63) is 64.2 Å². The molecule has 2 aromatic rings. The number of nitrogens with zero attached hydrogens (tertiary/aromatic N) is 1. The van der Waals surface area contributed by atoms with Gasteiger partial charge in [-0.05, 0) is 56.7 Å². The number of piperidine rings is 1. The molecule has 0 atom stereocenters. The number of hydrogen-bond acceptors (Lipinski definition) is 5. The smallest absolute Gasteiger partial charge is 0.258 e. The molecular formula is C23H28N2O4. The molecular weight excluding hydrogens is 368 g/mol. The maximum absolute atomic E-state index is 12.2. The fraction of sp³-hybridized carbons (Fsp3) is 0.478. The average molecular weight is 396 g/mol. The van der Waals surface area contributed by atoms with Gasteiger partial charge in [-0.2, -0.15) is 0 Å². The second-order valence-electron chi connectivity index (χ2n) is 8.11. The summed E-state index contributed by atoms with van der Waals surface area (Å²) in [6.45, 7) is 2.47. The van der Waals surface area contributed by atoms with Gasteiger partial charge in [-0.1, -0.05) is 30.3 Å². The van der Waals surface area contributed by atoms with Crippen LogP contribution in [0.5, 0.6) is 5.75 Å². The van der Waals surface area contributed by atoms with Gasteiger partial charge in [0.15, 0.2) is 6.61 Å².